The number of allylic oxidation sites excluding steroid dienone is 1. The first kappa shape index (κ1) is 11.0. The van der Waals surface area contributed by atoms with Crippen LogP contribution in [0.1, 0.15) is 34.6 Å². The Labute approximate surface area is 74.2 Å². The van der Waals surface area contributed by atoms with E-state index in [9.17, 15) is 4.79 Å². The van der Waals surface area contributed by atoms with Gasteiger partial charge in [0.2, 0.25) is 0 Å². The molecule has 3 heteroatoms. The van der Waals surface area contributed by atoms with Gasteiger partial charge in [0.1, 0.15) is 0 Å². The number of nitrogens with one attached hydrogen (secondary N) is 2. The summed E-state index contributed by atoms with van der Waals surface area (Å²) in [6.07, 6.45) is 1.68. The summed E-state index contributed by atoms with van der Waals surface area (Å²) in [4.78, 5) is 11.1. The molecule has 0 aromatic carbocycles. The second-order valence-corrected chi connectivity index (χ2v) is 4.07. The lowest BCUT2D eigenvalue weighted by atomic mass is 10.1. The van der Waals surface area contributed by atoms with Crippen molar-refractivity contribution >= 4 is 6.03 Å². The van der Waals surface area contributed by atoms with E-state index in [0.29, 0.717) is 0 Å². The van der Waals surface area contributed by atoms with Crippen LogP contribution in [0, 0.1) is 0 Å². The van der Waals surface area contributed by atoms with Crippen LogP contribution >= 0.6 is 0 Å². The van der Waals surface area contributed by atoms with Crippen molar-refractivity contribution in [3.8, 4) is 0 Å². The van der Waals surface area contributed by atoms with Crippen molar-refractivity contribution in [1.82, 2.24) is 10.6 Å². The zero-order valence-electron chi connectivity index (χ0n) is 8.49. The molecule has 3 nitrogen and oxygen atoms in total. The monoisotopic (exact) mass is 170 g/mol. The summed E-state index contributed by atoms with van der Waals surface area (Å²) < 4.78 is 0. The Hall–Kier alpha value is -0.990. The molecule has 2 N–H and O–H groups in total. The van der Waals surface area contributed by atoms with Crippen LogP contribution in [-0.4, -0.2) is 11.6 Å². The zero-order chi connectivity index (χ0) is 9.78. The number of rotatable bonds is 1. The maximum absolute atomic E-state index is 11.1. The van der Waals surface area contributed by atoms with Gasteiger partial charge in [-0.1, -0.05) is 5.57 Å². The number of carbonyl (C=O) groups is 1. The van der Waals surface area contributed by atoms with E-state index in [1.54, 1.807) is 6.20 Å². The zero-order valence-corrected chi connectivity index (χ0v) is 8.49. The van der Waals surface area contributed by atoms with Crippen molar-refractivity contribution < 1.29 is 4.79 Å². The molecular weight excluding hydrogens is 152 g/mol. The van der Waals surface area contributed by atoms with E-state index in [4.69, 9.17) is 0 Å². The van der Waals surface area contributed by atoms with Crippen LogP contribution in [-0.2, 0) is 0 Å². The van der Waals surface area contributed by atoms with Crippen molar-refractivity contribution in [2.45, 2.75) is 40.2 Å². The fourth-order valence-electron chi connectivity index (χ4n) is 0.587. The van der Waals surface area contributed by atoms with E-state index in [1.807, 2.05) is 34.6 Å². The summed E-state index contributed by atoms with van der Waals surface area (Å²) >= 11 is 0. The quantitative estimate of drug-likeness (QED) is 0.621. The molecule has 0 rings (SSSR count). The lowest BCUT2D eigenvalue weighted by molar-refractivity contribution is 0.235. The van der Waals surface area contributed by atoms with Crippen LogP contribution in [0.4, 0.5) is 4.79 Å². The van der Waals surface area contributed by atoms with Gasteiger partial charge in [-0.05, 0) is 34.6 Å². The molecule has 2 amide bonds. The molecule has 0 aliphatic carbocycles. The van der Waals surface area contributed by atoms with Crippen LogP contribution < -0.4 is 10.6 Å². The molecule has 0 spiro atoms. The molecular formula is C9H18N2O. The third-order valence-corrected chi connectivity index (χ3v) is 0.980. The maximum Gasteiger partial charge on any atom is 0.319 e. The summed E-state index contributed by atoms with van der Waals surface area (Å²) in [5.74, 6) is 0. The van der Waals surface area contributed by atoms with E-state index in [2.05, 4.69) is 10.6 Å². The van der Waals surface area contributed by atoms with Gasteiger partial charge < -0.3 is 10.6 Å². The van der Waals surface area contributed by atoms with Crippen molar-refractivity contribution in [3.05, 3.63) is 11.8 Å². The molecule has 0 atom stereocenters. The molecule has 0 aromatic rings. The van der Waals surface area contributed by atoms with Gasteiger partial charge in [-0.15, -0.1) is 0 Å². The molecule has 0 aromatic heterocycles. The van der Waals surface area contributed by atoms with Crippen LogP contribution in [0.15, 0.2) is 11.8 Å². The molecule has 0 aliphatic heterocycles. The molecule has 12 heavy (non-hydrogen) atoms. The number of hydrogen-bond acceptors (Lipinski definition) is 1. The summed E-state index contributed by atoms with van der Waals surface area (Å²) in [5.41, 5.74) is 0.888. The second kappa shape index (κ2) is 4.14. The summed E-state index contributed by atoms with van der Waals surface area (Å²) in [7, 11) is 0. The van der Waals surface area contributed by atoms with E-state index in [1.165, 1.54) is 0 Å². The Kier molecular flexibility index (Phi) is 3.80. The van der Waals surface area contributed by atoms with Gasteiger partial charge in [-0.3, -0.25) is 0 Å². The van der Waals surface area contributed by atoms with Crippen molar-refractivity contribution in [2.75, 3.05) is 0 Å². The first-order valence-electron chi connectivity index (χ1n) is 4.03. The summed E-state index contributed by atoms with van der Waals surface area (Å²) in [6.45, 7) is 9.67. The molecule has 0 bridgehead atoms. The highest BCUT2D eigenvalue weighted by Crippen LogP contribution is 1.97. The lowest BCUT2D eigenvalue weighted by Crippen LogP contribution is -2.44. The van der Waals surface area contributed by atoms with Gasteiger partial charge in [0, 0.05) is 11.7 Å². The highest BCUT2D eigenvalue weighted by Gasteiger charge is 2.11. The Morgan fingerprint density at radius 1 is 1.25 bits per heavy atom. The van der Waals surface area contributed by atoms with Gasteiger partial charge in [0.25, 0.3) is 0 Å². The van der Waals surface area contributed by atoms with Gasteiger partial charge in [0.15, 0.2) is 0 Å². The molecule has 0 aliphatic rings. The van der Waals surface area contributed by atoms with Crippen LogP contribution in [0.25, 0.3) is 0 Å². The first-order valence-corrected chi connectivity index (χ1v) is 4.03. The standard InChI is InChI=1S/C9H18N2O/c1-7(2)6-10-8(12)11-9(3,4)5/h6H,1-5H3,(H2,10,11,12). The minimum absolute atomic E-state index is 0.163. The van der Waals surface area contributed by atoms with Gasteiger partial charge in [0.05, 0.1) is 0 Å². The molecule has 0 fully saturated rings. The molecule has 70 valence electrons. The second-order valence-electron chi connectivity index (χ2n) is 4.07. The normalized spacial score (nSPS) is 10.4. The van der Waals surface area contributed by atoms with E-state index in [0.717, 1.165) is 5.57 Å². The largest absolute Gasteiger partial charge is 0.333 e. The SMILES string of the molecule is CC(C)=CNC(=O)NC(C)(C)C. The van der Waals surface area contributed by atoms with E-state index in [-0.39, 0.29) is 11.6 Å². The maximum atomic E-state index is 11.1. The first-order chi connectivity index (χ1) is 5.31. The molecule has 0 heterocycles. The highest BCUT2D eigenvalue weighted by molar-refractivity contribution is 5.75. The fraction of sp³-hybridized carbons (Fsp3) is 0.667. The molecule has 0 saturated heterocycles. The third kappa shape index (κ3) is 7.12. The van der Waals surface area contributed by atoms with Crippen LogP contribution in [0.2, 0.25) is 0 Å². The molecule has 0 radical (unpaired) electrons. The lowest BCUT2D eigenvalue weighted by Gasteiger charge is -2.19. The average Bonchev–Trinajstić information content (AvgIpc) is 1.79. The number of urea groups is 1. The Balaban J connectivity index is 3.84. The van der Waals surface area contributed by atoms with Crippen molar-refractivity contribution in [2.24, 2.45) is 0 Å². The number of carbonyl (C=O) groups excluding carboxylic acids is 1. The number of hydrogen-bond donors (Lipinski definition) is 2. The highest BCUT2D eigenvalue weighted by atomic mass is 16.2. The fourth-order valence-corrected chi connectivity index (χ4v) is 0.587. The summed E-state index contributed by atoms with van der Waals surface area (Å²) in [6, 6.07) is -0.163. The van der Waals surface area contributed by atoms with Gasteiger partial charge in [-0.2, -0.15) is 0 Å². The average molecular weight is 170 g/mol. The van der Waals surface area contributed by atoms with Crippen LogP contribution in [0.5, 0.6) is 0 Å². The van der Waals surface area contributed by atoms with E-state index >= 15 is 0 Å². The minimum atomic E-state index is -0.181. The predicted molar refractivity (Wildman–Crippen MR) is 50.9 cm³/mol. The minimum Gasteiger partial charge on any atom is -0.333 e. The van der Waals surface area contributed by atoms with Gasteiger partial charge in [-0.25, -0.2) is 4.79 Å². The van der Waals surface area contributed by atoms with Crippen LogP contribution in [0.3, 0.4) is 0 Å². The Morgan fingerprint density at radius 3 is 2.08 bits per heavy atom. The molecule has 0 unspecified atom stereocenters. The summed E-state index contributed by atoms with van der Waals surface area (Å²) in [5, 5.41) is 5.41. The van der Waals surface area contributed by atoms with E-state index < -0.39 is 0 Å². The Morgan fingerprint density at radius 2 is 1.75 bits per heavy atom. The Bertz CT molecular complexity index is 185. The topological polar surface area (TPSA) is 41.1 Å². The number of amides is 2. The third-order valence-electron chi connectivity index (χ3n) is 0.980. The predicted octanol–water partition coefficient (Wildman–Crippen LogP) is 2.01. The van der Waals surface area contributed by atoms with Gasteiger partial charge >= 0.3 is 6.03 Å². The van der Waals surface area contributed by atoms with Crippen molar-refractivity contribution in [3.63, 3.8) is 0 Å². The molecule has 0 saturated carbocycles. The van der Waals surface area contributed by atoms with Crippen molar-refractivity contribution in [1.29, 1.82) is 0 Å². The smallest absolute Gasteiger partial charge is 0.319 e.